The zero-order valence-electron chi connectivity index (χ0n) is 31.3. The van der Waals surface area contributed by atoms with Gasteiger partial charge >= 0.3 is 24.1 Å². The lowest BCUT2D eigenvalue weighted by atomic mass is 10.0. The minimum atomic E-state index is -3.10. The summed E-state index contributed by atoms with van der Waals surface area (Å²) in [5, 5.41) is 0. The fourth-order valence-electron chi connectivity index (χ4n) is 6.25. The van der Waals surface area contributed by atoms with Crippen molar-refractivity contribution in [2.24, 2.45) is 0 Å². The molecule has 9 nitrogen and oxygen atoms in total. The van der Waals surface area contributed by atoms with E-state index in [1.54, 1.807) is 0 Å². The van der Waals surface area contributed by atoms with Crippen LogP contribution in [0.5, 0.6) is 0 Å². The predicted octanol–water partition coefficient (Wildman–Crippen LogP) is 9.45. The van der Waals surface area contributed by atoms with Gasteiger partial charge in [-0.3, -0.25) is 4.79 Å². The van der Waals surface area contributed by atoms with Gasteiger partial charge in [0.25, 0.3) is 5.91 Å². The lowest BCUT2D eigenvalue weighted by molar-refractivity contribution is -0.168. The third-order valence-corrected chi connectivity index (χ3v) is 11.9. The van der Waals surface area contributed by atoms with Crippen molar-refractivity contribution in [3.8, 4) is 0 Å². The van der Waals surface area contributed by atoms with E-state index in [1.807, 2.05) is 0 Å². The fourth-order valence-corrected chi connectivity index (χ4v) is 7.95. The molecule has 0 saturated heterocycles. The number of carbonyl (C=O) groups is 1. The van der Waals surface area contributed by atoms with Crippen molar-refractivity contribution in [2.75, 3.05) is 32.5 Å². The topological polar surface area (TPSA) is 150 Å². The first-order valence-electron chi connectivity index (χ1n) is 20.0. The highest BCUT2D eigenvalue weighted by Crippen LogP contribution is 2.28. The van der Waals surface area contributed by atoms with Gasteiger partial charge in [0, 0.05) is 13.0 Å². The summed E-state index contributed by atoms with van der Waals surface area (Å²) < 4.78 is 41.2. The van der Waals surface area contributed by atoms with Gasteiger partial charge in [0.1, 0.15) is 0 Å². The number of hydrogen-bond acceptors (Lipinski definition) is 8. The summed E-state index contributed by atoms with van der Waals surface area (Å²) in [6.45, 7) is 4.23. The maximum Gasteiger partial charge on any atom is 0.322 e. The van der Waals surface area contributed by atoms with Gasteiger partial charge in [-0.05, 0) is 12.8 Å². The Balaban J connectivity index is 4.46. The number of nitrogens with zero attached hydrogens (tertiary/aromatic N) is 1. The van der Waals surface area contributed by atoms with Gasteiger partial charge < -0.3 is 24.3 Å². The zero-order chi connectivity index (χ0) is 36.4. The molecular weight excluding hydrogens is 679 g/mol. The number of rotatable bonds is 38. The summed E-state index contributed by atoms with van der Waals surface area (Å²) in [7, 11) is -8.89. The van der Waals surface area contributed by atoms with Crippen molar-refractivity contribution in [3.05, 3.63) is 0 Å². The summed E-state index contributed by atoms with van der Waals surface area (Å²) in [6.07, 6.45) is 30.7. The molecule has 0 fully saturated rings. The van der Waals surface area contributed by atoms with Crippen LogP contribution in [0.4, 0.5) is 0 Å². The highest BCUT2D eigenvalue weighted by molar-refractivity contribution is 7.38. The van der Waals surface area contributed by atoms with Gasteiger partial charge in [-0.25, -0.2) is 0 Å². The van der Waals surface area contributed by atoms with E-state index in [1.165, 1.54) is 116 Å². The van der Waals surface area contributed by atoms with Gasteiger partial charge in [-0.1, -0.05) is 182 Å². The first kappa shape index (κ1) is 48.6. The molecule has 0 aliphatic heterocycles. The second-order valence-electron chi connectivity index (χ2n) is 13.9. The van der Waals surface area contributed by atoms with E-state index in [0.29, 0.717) is 13.0 Å². The molecule has 0 spiro atoms. The van der Waals surface area contributed by atoms with Gasteiger partial charge in [-0.15, -0.1) is 0 Å². The van der Waals surface area contributed by atoms with Crippen molar-refractivity contribution in [1.82, 2.24) is 4.90 Å². The summed E-state index contributed by atoms with van der Waals surface area (Å²) >= 11 is 0. The molecule has 288 valence electrons. The Kier molecular flexibility index (Phi) is 35.7. The molecule has 0 saturated carbocycles. The monoisotopic (exact) mass is 751 g/mol. The van der Waals surface area contributed by atoms with Crippen LogP contribution in [-0.4, -0.2) is 54.6 Å². The molecule has 0 N–H and O–H groups in total. The predicted molar refractivity (Wildman–Crippen MR) is 199 cm³/mol. The highest BCUT2D eigenvalue weighted by atomic mass is 31.1. The van der Waals surface area contributed by atoms with Crippen LogP contribution in [0.2, 0.25) is 0 Å². The SMILES string of the molecule is CCCCCCCCCCCCCCCCOCC(CN(CC[P+](=O)[O-])C(=O)C(CCCCCCCCCCCCCC)[P+](=O)[O-])[P+](=O)[O-]. The number of carbonyl (C=O) groups excluding carboxylic acids is 1. The lowest BCUT2D eigenvalue weighted by Gasteiger charge is -2.24. The molecule has 0 aromatic heterocycles. The minimum absolute atomic E-state index is 0.114. The first-order valence-corrected chi connectivity index (χ1v) is 23.8. The average molecular weight is 752 g/mol. The Labute approximate surface area is 303 Å². The Morgan fingerprint density at radius 3 is 1.33 bits per heavy atom. The van der Waals surface area contributed by atoms with E-state index >= 15 is 0 Å². The van der Waals surface area contributed by atoms with E-state index in [0.717, 1.165) is 49.8 Å². The molecule has 0 aliphatic rings. The molecule has 0 aromatic carbocycles. The molecule has 1 amide bonds. The van der Waals surface area contributed by atoms with Crippen molar-refractivity contribution in [3.63, 3.8) is 0 Å². The van der Waals surface area contributed by atoms with Crippen LogP contribution in [0.1, 0.15) is 187 Å². The molecule has 0 bridgehead atoms. The third kappa shape index (κ3) is 30.9. The van der Waals surface area contributed by atoms with Crippen molar-refractivity contribution < 1.29 is 37.9 Å². The van der Waals surface area contributed by atoms with Gasteiger partial charge in [0.05, 0.1) is 19.7 Å². The Morgan fingerprint density at radius 1 is 0.571 bits per heavy atom. The van der Waals surface area contributed by atoms with Crippen molar-refractivity contribution >= 4 is 30.0 Å². The zero-order valence-corrected chi connectivity index (χ0v) is 34.0. The molecule has 0 heterocycles. The Morgan fingerprint density at radius 2 is 0.959 bits per heavy atom. The molecule has 0 radical (unpaired) electrons. The Hall–Kier alpha value is -0.390. The quantitative estimate of drug-likeness (QED) is 0.0447. The average Bonchev–Trinajstić information content (AvgIpc) is 3.06. The lowest BCUT2D eigenvalue weighted by Crippen LogP contribution is -2.45. The van der Waals surface area contributed by atoms with Crippen LogP contribution in [0.3, 0.4) is 0 Å². The number of ether oxygens (including phenoxy) is 1. The second-order valence-corrected chi connectivity index (χ2v) is 17.5. The van der Waals surface area contributed by atoms with E-state index < -0.39 is 41.3 Å². The molecular formula is C37H72NO8P3. The summed E-state index contributed by atoms with van der Waals surface area (Å²) in [5.74, 6) is -0.718. The maximum atomic E-state index is 13.3. The third-order valence-electron chi connectivity index (χ3n) is 9.42. The molecule has 5 atom stereocenters. The molecule has 49 heavy (non-hydrogen) atoms. The van der Waals surface area contributed by atoms with Crippen molar-refractivity contribution in [1.29, 1.82) is 0 Å². The second kappa shape index (κ2) is 36.0. The Bertz CT molecular complexity index is 835. The van der Waals surface area contributed by atoms with Crippen LogP contribution >= 0.6 is 24.1 Å². The molecule has 0 aromatic rings. The fraction of sp³-hybridized carbons (Fsp3) is 0.973. The summed E-state index contributed by atoms with van der Waals surface area (Å²) in [6, 6.07) is 0. The van der Waals surface area contributed by atoms with E-state index in [4.69, 9.17) is 4.74 Å². The summed E-state index contributed by atoms with van der Waals surface area (Å²) in [4.78, 5) is 49.9. The standard InChI is InChI=1S/C37H72NO8P3/c1-3-5-7-9-11-13-15-17-18-20-22-24-26-28-31-46-34-35(48(42)43)33-38(30-32-47(40)41)37(39)36(49(44)45)29-27-25-23-21-19-16-14-12-10-8-6-4-2/h35-36H,3-34H2,1-2H3. The van der Waals surface area contributed by atoms with Crippen LogP contribution in [-0.2, 0) is 23.2 Å². The van der Waals surface area contributed by atoms with E-state index in [2.05, 4.69) is 13.8 Å². The number of unbranched alkanes of at least 4 members (excludes halogenated alkanes) is 24. The van der Waals surface area contributed by atoms with Crippen LogP contribution in [0.15, 0.2) is 0 Å². The van der Waals surface area contributed by atoms with E-state index in [9.17, 15) is 33.2 Å². The molecule has 5 unspecified atom stereocenters. The van der Waals surface area contributed by atoms with Crippen LogP contribution in [0, 0.1) is 0 Å². The molecule has 0 rings (SSSR count). The maximum absolute atomic E-state index is 13.3. The number of hydrogen-bond donors (Lipinski definition) is 0. The highest BCUT2D eigenvalue weighted by Gasteiger charge is 2.37. The minimum Gasteiger partial charge on any atom is -0.596 e. The van der Waals surface area contributed by atoms with Gasteiger partial charge in [0.2, 0.25) is 5.66 Å². The number of amides is 1. The van der Waals surface area contributed by atoms with Gasteiger partial charge in [-0.2, -0.15) is 0 Å². The molecule has 12 heteroatoms. The van der Waals surface area contributed by atoms with Crippen LogP contribution < -0.4 is 14.7 Å². The van der Waals surface area contributed by atoms with Crippen molar-refractivity contribution in [2.45, 2.75) is 199 Å². The smallest absolute Gasteiger partial charge is 0.322 e. The van der Waals surface area contributed by atoms with Crippen LogP contribution in [0.25, 0.3) is 0 Å². The normalized spacial score (nSPS) is 13.7. The van der Waals surface area contributed by atoms with E-state index in [-0.39, 0.29) is 32.3 Å². The first-order chi connectivity index (χ1) is 23.7. The van der Waals surface area contributed by atoms with Gasteiger partial charge in [0.15, 0.2) is 11.8 Å². The molecule has 0 aliphatic carbocycles. The summed E-state index contributed by atoms with van der Waals surface area (Å²) in [5.41, 5.74) is -2.32. The largest absolute Gasteiger partial charge is 0.596 e.